The molecule has 4 rings (SSSR count). The molecule has 0 saturated carbocycles. The van der Waals surface area contributed by atoms with Gasteiger partial charge in [0.2, 0.25) is 6.43 Å². The predicted octanol–water partition coefficient (Wildman–Crippen LogP) is 5.55. The zero-order chi connectivity index (χ0) is 25.3. The fraction of sp³-hybridized carbons (Fsp3) is 0.320. The summed E-state index contributed by atoms with van der Waals surface area (Å²) in [5.74, 6) is -0.792. The Labute approximate surface area is 199 Å². The van der Waals surface area contributed by atoms with Crippen LogP contribution >= 0.6 is 0 Å². The van der Waals surface area contributed by atoms with Gasteiger partial charge in [-0.1, -0.05) is 0 Å². The van der Waals surface area contributed by atoms with Gasteiger partial charge in [-0.3, -0.25) is 14.3 Å². The topological polar surface area (TPSA) is 82.5 Å². The van der Waals surface area contributed by atoms with Gasteiger partial charge in [0.1, 0.15) is 28.7 Å². The summed E-state index contributed by atoms with van der Waals surface area (Å²) >= 11 is 0. The Balaban J connectivity index is 1.61. The number of benzene rings is 2. The zero-order valence-corrected chi connectivity index (χ0v) is 19.4. The lowest BCUT2D eigenvalue weighted by Gasteiger charge is -2.16. The zero-order valence-electron chi connectivity index (χ0n) is 19.4. The SMILES string of the molecule is Cn1ccc(NC(=O)c2cc(Oc3ccc(C(=O)CCC(F)F)c(F)c3)c3c(c2)OC(C)(C)C3)n1. The van der Waals surface area contributed by atoms with E-state index in [4.69, 9.17) is 9.47 Å². The molecule has 1 amide bonds. The first kappa shape index (κ1) is 24.3. The van der Waals surface area contributed by atoms with E-state index in [-0.39, 0.29) is 16.9 Å². The number of aryl methyl sites for hydroxylation is 1. The van der Waals surface area contributed by atoms with Gasteiger partial charge in [0.15, 0.2) is 11.6 Å². The molecule has 2 heterocycles. The number of anilines is 1. The molecule has 1 aliphatic rings. The van der Waals surface area contributed by atoms with Gasteiger partial charge < -0.3 is 14.8 Å². The number of alkyl halides is 2. The predicted molar refractivity (Wildman–Crippen MR) is 122 cm³/mol. The first-order valence-corrected chi connectivity index (χ1v) is 11.0. The van der Waals surface area contributed by atoms with Crippen LogP contribution in [0.25, 0.3) is 0 Å². The van der Waals surface area contributed by atoms with Crippen LogP contribution in [0.4, 0.5) is 19.0 Å². The van der Waals surface area contributed by atoms with E-state index in [0.717, 1.165) is 6.07 Å². The Morgan fingerprint density at radius 1 is 1.23 bits per heavy atom. The number of aromatic nitrogens is 2. The fourth-order valence-electron chi connectivity index (χ4n) is 3.82. The van der Waals surface area contributed by atoms with Gasteiger partial charge in [-0.05, 0) is 38.1 Å². The third kappa shape index (κ3) is 5.64. The van der Waals surface area contributed by atoms with E-state index in [1.54, 1.807) is 30.1 Å². The maximum atomic E-state index is 14.6. The third-order valence-electron chi connectivity index (χ3n) is 5.43. The maximum Gasteiger partial charge on any atom is 0.257 e. The summed E-state index contributed by atoms with van der Waals surface area (Å²) in [5, 5.41) is 6.83. The molecule has 1 N–H and O–H groups in total. The highest BCUT2D eigenvalue weighted by Crippen LogP contribution is 2.43. The highest BCUT2D eigenvalue weighted by Gasteiger charge is 2.34. The molecule has 0 spiro atoms. The Morgan fingerprint density at radius 2 is 2.00 bits per heavy atom. The van der Waals surface area contributed by atoms with Crippen molar-refractivity contribution in [2.75, 3.05) is 5.32 Å². The van der Waals surface area contributed by atoms with Gasteiger partial charge >= 0.3 is 0 Å². The summed E-state index contributed by atoms with van der Waals surface area (Å²) in [7, 11) is 1.73. The van der Waals surface area contributed by atoms with Crippen LogP contribution in [0.5, 0.6) is 17.2 Å². The number of fused-ring (bicyclic) bond motifs is 1. The summed E-state index contributed by atoms with van der Waals surface area (Å²) in [5.41, 5.74) is 0.141. The van der Waals surface area contributed by atoms with Crippen molar-refractivity contribution >= 4 is 17.5 Å². The van der Waals surface area contributed by atoms with Crippen LogP contribution in [0.1, 0.15) is 53.0 Å². The van der Waals surface area contributed by atoms with Crippen molar-refractivity contribution in [3.8, 4) is 17.2 Å². The highest BCUT2D eigenvalue weighted by molar-refractivity contribution is 6.04. The molecule has 0 saturated heterocycles. The lowest BCUT2D eigenvalue weighted by molar-refractivity contribution is 0.0905. The number of hydrogen-bond acceptors (Lipinski definition) is 5. The number of ether oxygens (including phenoxy) is 2. The van der Waals surface area contributed by atoms with Crippen LogP contribution in [0, 0.1) is 5.82 Å². The molecule has 7 nitrogen and oxygen atoms in total. The largest absolute Gasteiger partial charge is 0.487 e. The van der Waals surface area contributed by atoms with E-state index in [9.17, 15) is 22.8 Å². The smallest absolute Gasteiger partial charge is 0.257 e. The summed E-state index contributed by atoms with van der Waals surface area (Å²) in [4.78, 5) is 24.9. The van der Waals surface area contributed by atoms with Crippen molar-refractivity contribution in [3.05, 3.63) is 65.1 Å². The molecule has 0 atom stereocenters. The second-order valence-corrected chi connectivity index (χ2v) is 8.92. The van der Waals surface area contributed by atoms with Crippen LogP contribution < -0.4 is 14.8 Å². The van der Waals surface area contributed by atoms with E-state index in [2.05, 4.69) is 10.4 Å². The van der Waals surface area contributed by atoms with Crippen molar-refractivity contribution in [1.82, 2.24) is 9.78 Å². The Bertz CT molecular complexity index is 1290. The number of halogens is 3. The van der Waals surface area contributed by atoms with Crippen LogP contribution in [-0.2, 0) is 13.5 Å². The number of ketones is 1. The first-order valence-electron chi connectivity index (χ1n) is 11.0. The van der Waals surface area contributed by atoms with Gasteiger partial charge in [0.05, 0.1) is 5.56 Å². The van der Waals surface area contributed by atoms with E-state index >= 15 is 0 Å². The fourth-order valence-corrected chi connectivity index (χ4v) is 3.82. The highest BCUT2D eigenvalue weighted by atomic mass is 19.3. The summed E-state index contributed by atoms with van der Waals surface area (Å²) in [6.45, 7) is 3.79. The van der Waals surface area contributed by atoms with Crippen molar-refractivity contribution < 1.29 is 32.2 Å². The molecular formula is C25H24F3N3O4. The van der Waals surface area contributed by atoms with Crippen molar-refractivity contribution in [3.63, 3.8) is 0 Å². The van der Waals surface area contributed by atoms with Crippen molar-refractivity contribution in [2.45, 2.75) is 45.1 Å². The quantitative estimate of drug-likeness (QED) is 0.422. The van der Waals surface area contributed by atoms with Gasteiger partial charge in [0, 0.05) is 55.8 Å². The Morgan fingerprint density at radius 3 is 2.66 bits per heavy atom. The van der Waals surface area contributed by atoms with Crippen LogP contribution in [0.3, 0.4) is 0 Å². The maximum absolute atomic E-state index is 14.6. The molecular weight excluding hydrogens is 463 g/mol. The van der Waals surface area contributed by atoms with E-state index in [1.807, 2.05) is 13.8 Å². The summed E-state index contributed by atoms with van der Waals surface area (Å²) in [6.07, 6.45) is -1.55. The average Bonchev–Trinajstić information content (AvgIpc) is 3.32. The standard InChI is InChI=1S/C25H24F3N3O4/c1-25(2)13-17-20(34-15-4-5-16(18(26)12-15)19(32)6-7-22(27)28)10-14(11-21(17)35-25)24(33)29-23-8-9-31(3)30-23/h4-5,8-12,22H,6-7,13H2,1-3H3,(H,29,30,33). The number of nitrogens with one attached hydrogen (secondary N) is 1. The van der Waals surface area contributed by atoms with Crippen molar-refractivity contribution in [2.24, 2.45) is 7.05 Å². The summed E-state index contributed by atoms with van der Waals surface area (Å²) < 4.78 is 52.8. The molecule has 1 aromatic heterocycles. The third-order valence-corrected chi connectivity index (χ3v) is 5.43. The molecule has 1 aliphatic heterocycles. The second kappa shape index (κ2) is 9.44. The van der Waals surface area contributed by atoms with Gasteiger partial charge in [-0.15, -0.1) is 0 Å². The van der Waals surface area contributed by atoms with Crippen LogP contribution in [0.2, 0.25) is 0 Å². The van der Waals surface area contributed by atoms with Gasteiger partial charge in [-0.2, -0.15) is 5.10 Å². The van der Waals surface area contributed by atoms with E-state index in [1.165, 1.54) is 18.2 Å². The number of hydrogen-bond donors (Lipinski definition) is 1. The molecule has 0 unspecified atom stereocenters. The minimum atomic E-state index is -2.64. The molecule has 0 fully saturated rings. The molecule has 2 aromatic carbocycles. The number of carbonyl (C=O) groups is 2. The lowest BCUT2D eigenvalue weighted by Crippen LogP contribution is -2.24. The average molecular weight is 487 g/mol. The number of Topliss-reactive ketones (excluding diaryl/α,β-unsaturated/α-hetero) is 1. The van der Waals surface area contributed by atoms with E-state index in [0.29, 0.717) is 29.3 Å². The second-order valence-electron chi connectivity index (χ2n) is 8.92. The minimum Gasteiger partial charge on any atom is -0.487 e. The monoisotopic (exact) mass is 487 g/mol. The Kier molecular flexibility index (Phi) is 6.56. The van der Waals surface area contributed by atoms with Crippen molar-refractivity contribution in [1.29, 1.82) is 0 Å². The number of carbonyl (C=O) groups excluding carboxylic acids is 2. The normalized spacial score (nSPS) is 13.9. The molecule has 0 aliphatic carbocycles. The number of nitrogens with zero attached hydrogens (tertiary/aromatic N) is 2. The van der Waals surface area contributed by atoms with E-state index < -0.39 is 42.4 Å². The van der Waals surface area contributed by atoms with Crippen LogP contribution in [-0.4, -0.2) is 33.5 Å². The first-order chi connectivity index (χ1) is 16.5. The van der Waals surface area contributed by atoms with Gasteiger partial charge in [0.25, 0.3) is 5.91 Å². The molecule has 0 radical (unpaired) electrons. The van der Waals surface area contributed by atoms with Gasteiger partial charge in [-0.25, -0.2) is 13.2 Å². The number of rotatable bonds is 8. The molecule has 184 valence electrons. The molecule has 10 heteroatoms. The molecule has 3 aromatic rings. The lowest BCUT2D eigenvalue weighted by atomic mass is 9.99. The summed E-state index contributed by atoms with van der Waals surface area (Å²) in [6, 6.07) is 8.39. The molecule has 0 bridgehead atoms. The molecule has 35 heavy (non-hydrogen) atoms. The number of amides is 1. The Hall–Kier alpha value is -3.82. The minimum absolute atomic E-state index is 0.0853. The van der Waals surface area contributed by atoms with Crippen LogP contribution in [0.15, 0.2) is 42.6 Å².